The summed E-state index contributed by atoms with van der Waals surface area (Å²) >= 11 is 0. The maximum Gasteiger partial charge on any atom is 0.269 e. The monoisotopic (exact) mass is 488 g/mol. The zero-order chi connectivity index (χ0) is 25.4. The number of nitro groups is 1. The van der Waals surface area contributed by atoms with Crippen molar-refractivity contribution in [2.24, 2.45) is 0 Å². The molecule has 0 saturated carbocycles. The van der Waals surface area contributed by atoms with Gasteiger partial charge < -0.3 is 9.73 Å². The molecule has 3 aromatic carbocycles. The molecule has 0 aliphatic heterocycles. The Hall–Kier alpha value is -5.31. The van der Waals surface area contributed by atoms with Crippen LogP contribution in [0.3, 0.4) is 0 Å². The maximum absolute atomic E-state index is 10.9. The van der Waals surface area contributed by atoms with Gasteiger partial charge in [-0.3, -0.25) is 14.5 Å². The van der Waals surface area contributed by atoms with E-state index >= 15 is 0 Å². The van der Waals surface area contributed by atoms with Gasteiger partial charge in [-0.1, -0.05) is 48.0 Å². The number of nitrogens with one attached hydrogen (secondary N) is 1. The third kappa shape index (κ3) is 4.30. The minimum absolute atomic E-state index is 0.00289. The first-order valence-electron chi connectivity index (χ1n) is 11.5. The molecule has 6 aromatic rings. The molecule has 3 aromatic heterocycles. The lowest BCUT2D eigenvalue weighted by atomic mass is 10.1. The zero-order valence-corrected chi connectivity index (χ0v) is 19.7. The number of nitrogens with zero attached hydrogens (tertiary/aromatic N) is 5. The van der Waals surface area contributed by atoms with Crippen molar-refractivity contribution < 1.29 is 9.34 Å². The molecule has 9 nitrogen and oxygen atoms in total. The molecular formula is C28H20N6O3. The summed E-state index contributed by atoms with van der Waals surface area (Å²) in [6.45, 7) is 2.05. The van der Waals surface area contributed by atoms with E-state index in [0.717, 1.165) is 28.4 Å². The number of benzene rings is 3. The van der Waals surface area contributed by atoms with E-state index in [-0.39, 0.29) is 11.6 Å². The Bertz CT molecular complexity index is 1720. The highest BCUT2D eigenvalue weighted by Gasteiger charge is 2.18. The predicted molar refractivity (Wildman–Crippen MR) is 140 cm³/mol. The second-order valence-corrected chi connectivity index (χ2v) is 8.53. The molecule has 0 aliphatic rings. The Kier molecular flexibility index (Phi) is 5.42. The van der Waals surface area contributed by atoms with Crippen molar-refractivity contribution >= 4 is 22.8 Å². The number of aryl methyl sites for hydroxylation is 1. The number of hydrogen-bond acceptors (Lipinski definition) is 7. The topological polar surface area (TPSA) is 111 Å². The number of pyridine rings is 1. The lowest BCUT2D eigenvalue weighted by molar-refractivity contribution is -0.384. The summed E-state index contributed by atoms with van der Waals surface area (Å²) in [6.07, 6.45) is 1.90. The first-order chi connectivity index (χ1) is 18.0. The van der Waals surface area contributed by atoms with Crippen molar-refractivity contribution in [3.05, 3.63) is 113 Å². The predicted octanol–water partition coefficient (Wildman–Crippen LogP) is 6.68. The van der Waals surface area contributed by atoms with Crippen LogP contribution in [0.5, 0.6) is 0 Å². The van der Waals surface area contributed by atoms with Crippen LogP contribution in [-0.2, 0) is 0 Å². The molecule has 1 N–H and O–H groups in total. The second-order valence-electron chi connectivity index (χ2n) is 8.53. The average molecular weight is 489 g/mol. The van der Waals surface area contributed by atoms with Gasteiger partial charge in [-0.25, -0.2) is 4.98 Å². The van der Waals surface area contributed by atoms with E-state index < -0.39 is 4.92 Å². The Morgan fingerprint density at radius 3 is 2.16 bits per heavy atom. The SMILES string of the molecule is Cc1ccc(-c2nc3ccc(-c4nnc(-c5ccc([N+](=O)[O-])cc5)o4)cn3c2Nc2ccccc2)cc1. The first-order valence-corrected chi connectivity index (χ1v) is 11.5. The second kappa shape index (κ2) is 9.04. The van der Waals surface area contributed by atoms with Crippen LogP contribution in [0.4, 0.5) is 17.2 Å². The van der Waals surface area contributed by atoms with E-state index in [1.54, 1.807) is 12.1 Å². The summed E-state index contributed by atoms with van der Waals surface area (Å²) in [6, 6.07) is 27.9. The van der Waals surface area contributed by atoms with Gasteiger partial charge in [0.1, 0.15) is 17.2 Å². The molecule has 0 amide bonds. The number of imidazole rings is 1. The first kappa shape index (κ1) is 22.2. The van der Waals surface area contributed by atoms with Crippen molar-refractivity contribution in [1.82, 2.24) is 19.6 Å². The number of anilines is 2. The van der Waals surface area contributed by atoms with E-state index in [2.05, 4.69) is 46.7 Å². The molecule has 0 spiro atoms. The summed E-state index contributed by atoms with van der Waals surface area (Å²) in [7, 11) is 0. The van der Waals surface area contributed by atoms with Crippen molar-refractivity contribution in [2.45, 2.75) is 6.92 Å². The smallest absolute Gasteiger partial charge is 0.269 e. The van der Waals surface area contributed by atoms with Crippen LogP contribution in [0, 0.1) is 17.0 Å². The minimum atomic E-state index is -0.449. The molecular weight excluding hydrogens is 468 g/mol. The lowest BCUT2D eigenvalue weighted by Crippen LogP contribution is -1.97. The van der Waals surface area contributed by atoms with Crippen LogP contribution >= 0.6 is 0 Å². The summed E-state index contributed by atoms with van der Waals surface area (Å²) in [5.74, 6) is 1.41. The van der Waals surface area contributed by atoms with Crippen molar-refractivity contribution in [1.29, 1.82) is 0 Å². The summed E-state index contributed by atoms with van der Waals surface area (Å²) in [5, 5.41) is 22.8. The number of hydrogen-bond donors (Lipinski definition) is 1. The molecule has 9 heteroatoms. The molecule has 0 atom stereocenters. The number of para-hydroxylation sites is 1. The van der Waals surface area contributed by atoms with Gasteiger partial charge in [0, 0.05) is 35.1 Å². The zero-order valence-electron chi connectivity index (χ0n) is 19.7. The number of fused-ring (bicyclic) bond motifs is 1. The van der Waals surface area contributed by atoms with E-state index in [0.29, 0.717) is 17.0 Å². The third-order valence-corrected chi connectivity index (χ3v) is 5.98. The summed E-state index contributed by atoms with van der Waals surface area (Å²) in [4.78, 5) is 15.4. The van der Waals surface area contributed by atoms with Gasteiger partial charge >= 0.3 is 0 Å². The van der Waals surface area contributed by atoms with Crippen LogP contribution in [0.2, 0.25) is 0 Å². The fraction of sp³-hybridized carbons (Fsp3) is 0.0357. The Balaban J connectivity index is 1.42. The van der Waals surface area contributed by atoms with E-state index in [4.69, 9.17) is 9.40 Å². The molecule has 6 rings (SSSR count). The number of aromatic nitrogens is 4. The normalized spacial score (nSPS) is 11.1. The van der Waals surface area contributed by atoms with Crippen LogP contribution in [0.1, 0.15) is 5.56 Å². The van der Waals surface area contributed by atoms with Gasteiger partial charge in [0.25, 0.3) is 5.69 Å². The van der Waals surface area contributed by atoms with Gasteiger partial charge in [-0.2, -0.15) is 0 Å². The largest absolute Gasteiger partial charge is 0.416 e. The summed E-state index contributed by atoms with van der Waals surface area (Å²) < 4.78 is 7.89. The van der Waals surface area contributed by atoms with Gasteiger partial charge in [-0.15, -0.1) is 10.2 Å². The minimum Gasteiger partial charge on any atom is -0.416 e. The van der Waals surface area contributed by atoms with Crippen LogP contribution in [0.25, 0.3) is 39.8 Å². The molecule has 0 bridgehead atoms. The van der Waals surface area contributed by atoms with Crippen LogP contribution in [-0.4, -0.2) is 24.5 Å². The molecule has 180 valence electrons. The van der Waals surface area contributed by atoms with E-state index in [1.165, 1.54) is 17.7 Å². The van der Waals surface area contributed by atoms with Crippen molar-refractivity contribution in [3.8, 4) is 34.2 Å². The van der Waals surface area contributed by atoms with Gasteiger partial charge in [0.2, 0.25) is 11.8 Å². The van der Waals surface area contributed by atoms with Crippen molar-refractivity contribution in [2.75, 3.05) is 5.32 Å². The lowest BCUT2D eigenvalue weighted by Gasteiger charge is -2.09. The van der Waals surface area contributed by atoms with E-state index in [1.807, 2.05) is 53.1 Å². The van der Waals surface area contributed by atoms with Gasteiger partial charge in [0.05, 0.1) is 10.5 Å². The maximum atomic E-state index is 10.9. The molecule has 0 unspecified atom stereocenters. The number of nitro benzene ring substituents is 1. The Labute approximate surface area is 211 Å². The fourth-order valence-corrected chi connectivity index (χ4v) is 4.04. The standard InChI is InChI=1S/C28H20N6O3/c1-18-7-9-19(10-8-18)25-26(29-22-5-3-2-4-6-22)33-17-21(13-16-24(33)30-25)28-32-31-27(37-28)20-11-14-23(15-12-20)34(35)36/h2-17,29H,1H3. The number of non-ortho nitro benzene ring substituents is 1. The molecule has 0 fully saturated rings. The Morgan fingerprint density at radius 2 is 1.46 bits per heavy atom. The summed E-state index contributed by atoms with van der Waals surface area (Å²) in [5.41, 5.74) is 5.97. The third-order valence-electron chi connectivity index (χ3n) is 5.98. The molecule has 0 saturated heterocycles. The number of rotatable bonds is 6. The van der Waals surface area contributed by atoms with Gasteiger partial charge in [0.15, 0.2) is 0 Å². The molecule has 0 radical (unpaired) electrons. The highest BCUT2D eigenvalue weighted by atomic mass is 16.6. The molecule has 37 heavy (non-hydrogen) atoms. The quantitative estimate of drug-likeness (QED) is 0.206. The Morgan fingerprint density at radius 1 is 0.811 bits per heavy atom. The van der Waals surface area contributed by atoms with Gasteiger partial charge in [-0.05, 0) is 43.3 Å². The van der Waals surface area contributed by atoms with Crippen LogP contribution < -0.4 is 5.32 Å². The molecule has 3 heterocycles. The average Bonchev–Trinajstić information content (AvgIpc) is 3.55. The van der Waals surface area contributed by atoms with Crippen LogP contribution in [0.15, 0.2) is 102 Å². The fourth-order valence-electron chi connectivity index (χ4n) is 4.04. The highest BCUT2D eigenvalue weighted by Crippen LogP contribution is 2.33. The van der Waals surface area contributed by atoms with Crippen molar-refractivity contribution in [3.63, 3.8) is 0 Å². The molecule has 0 aliphatic carbocycles. The highest BCUT2D eigenvalue weighted by molar-refractivity contribution is 5.80. The van der Waals surface area contributed by atoms with E-state index in [9.17, 15) is 10.1 Å².